The van der Waals surface area contributed by atoms with Crippen LogP contribution in [0.25, 0.3) is 0 Å². The van der Waals surface area contributed by atoms with Crippen molar-refractivity contribution in [3.05, 3.63) is 28.2 Å². The Hall–Kier alpha value is -0.0200. The number of ether oxygens (including phenoxy) is 1. The number of alkyl halides is 1. The van der Waals surface area contributed by atoms with E-state index in [2.05, 4.69) is 50.1 Å². The van der Waals surface area contributed by atoms with Crippen molar-refractivity contribution < 1.29 is 4.74 Å². The summed E-state index contributed by atoms with van der Waals surface area (Å²) in [5.74, 6) is 1.83. The third-order valence-corrected chi connectivity index (χ3v) is 5.19. The van der Waals surface area contributed by atoms with E-state index in [1.807, 2.05) is 6.92 Å². The number of benzene rings is 1. The molecular formula is C15H20Br2O. The summed E-state index contributed by atoms with van der Waals surface area (Å²) in [7, 11) is 0. The van der Waals surface area contributed by atoms with Gasteiger partial charge in [-0.05, 0) is 37.0 Å². The third kappa shape index (κ3) is 3.74. The summed E-state index contributed by atoms with van der Waals surface area (Å²) in [6, 6.07) is 6.30. The first-order chi connectivity index (χ1) is 8.70. The van der Waals surface area contributed by atoms with Crippen LogP contribution in [0.15, 0.2) is 22.7 Å². The Morgan fingerprint density at radius 3 is 2.67 bits per heavy atom. The van der Waals surface area contributed by atoms with Crippen LogP contribution in [0.2, 0.25) is 0 Å². The Labute approximate surface area is 127 Å². The van der Waals surface area contributed by atoms with Crippen molar-refractivity contribution in [3.8, 4) is 5.75 Å². The number of halogens is 2. The first kappa shape index (κ1) is 14.4. The average Bonchev–Trinajstić information content (AvgIpc) is 2.82. The van der Waals surface area contributed by atoms with E-state index in [9.17, 15) is 0 Å². The SMILES string of the molecule is CCOc1ccc(C(Br)CC2CCCC2)c(Br)c1. The second-order valence-corrected chi connectivity index (χ2v) is 6.93. The van der Waals surface area contributed by atoms with Crippen molar-refractivity contribution in [2.75, 3.05) is 6.61 Å². The monoisotopic (exact) mass is 374 g/mol. The van der Waals surface area contributed by atoms with Crippen LogP contribution in [-0.2, 0) is 0 Å². The van der Waals surface area contributed by atoms with Gasteiger partial charge in [-0.2, -0.15) is 0 Å². The molecule has 0 heterocycles. The van der Waals surface area contributed by atoms with Gasteiger partial charge in [-0.15, -0.1) is 0 Å². The molecule has 0 amide bonds. The van der Waals surface area contributed by atoms with Crippen LogP contribution in [-0.4, -0.2) is 6.61 Å². The van der Waals surface area contributed by atoms with Gasteiger partial charge in [0.05, 0.1) is 6.61 Å². The maximum atomic E-state index is 5.51. The fraction of sp³-hybridized carbons (Fsp3) is 0.600. The lowest BCUT2D eigenvalue weighted by Crippen LogP contribution is -2.00. The molecule has 0 saturated heterocycles. The first-order valence-electron chi connectivity index (χ1n) is 6.77. The van der Waals surface area contributed by atoms with E-state index < -0.39 is 0 Å². The molecule has 1 fully saturated rings. The van der Waals surface area contributed by atoms with Crippen molar-refractivity contribution in [1.29, 1.82) is 0 Å². The molecule has 1 aliphatic rings. The van der Waals surface area contributed by atoms with Gasteiger partial charge < -0.3 is 4.74 Å². The molecule has 1 aliphatic carbocycles. The van der Waals surface area contributed by atoms with E-state index >= 15 is 0 Å². The molecule has 1 aromatic rings. The molecule has 0 aromatic heterocycles. The second-order valence-electron chi connectivity index (χ2n) is 4.97. The summed E-state index contributed by atoms with van der Waals surface area (Å²) in [6.45, 7) is 2.72. The molecule has 0 radical (unpaired) electrons. The van der Waals surface area contributed by atoms with Crippen LogP contribution < -0.4 is 4.74 Å². The lowest BCUT2D eigenvalue weighted by molar-refractivity contribution is 0.340. The topological polar surface area (TPSA) is 9.23 Å². The zero-order valence-corrected chi connectivity index (χ0v) is 14.0. The Balaban J connectivity index is 2.02. The highest BCUT2D eigenvalue weighted by Crippen LogP contribution is 2.40. The minimum absolute atomic E-state index is 0.450. The van der Waals surface area contributed by atoms with Crippen LogP contribution in [0.3, 0.4) is 0 Å². The molecule has 18 heavy (non-hydrogen) atoms. The van der Waals surface area contributed by atoms with Crippen LogP contribution in [0, 0.1) is 5.92 Å². The lowest BCUT2D eigenvalue weighted by atomic mass is 9.98. The van der Waals surface area contributed by atoms with E-state index in [1.54, 1.807) is 0 Å². The largest absolute Gasteiger partial charge is 0.494 e. The molecule has 100 valence electrons. The summed E-state index contributed by atoms with van der Waals surface area (Å²) in [5, 5.41) is 0. The molecule has 2 rings (SSSR count). The lowest BCUT2D eigenvalue weighted by Gasteiger charge is -2.17. The minimum Gasteiger partial charge on any atom is -0.494 e. The van der Waals surface area contributed by atoms with E-state index in [0.717, 1.165) is 16.1 Å². The molecule has 1 atom stereocenters. The maximum absolute atomic E-state index is 5.51. The van der Waals surface area contributed by atoms with Gasteiger partial charge >= 0.3 is 0 Å². The van der Waals surface area contributed by atoms with Crippen LogP contribution in [0.5, 0.6) is 5.75 Å². The highest BCUT2D eigenvalue weighted by Gasteiger charge is 2.21. The molecule has 0 bridgehead atoms. The summed E-state index contributed by atoms with van der Waals surface area (Å²) in [4.78, 5) is 0.450. The van der Waals surface area contributed by atoms with Crippen LogP contribution in [0.1, 0.15) is 49.4 Å². The summed E-state index contributed by atoms with van der Waals surface area (Å²) < 4.78 is 6.66. The van der Waals surface area contributed by atoms with Gasteiger partial charge in [-0.25, -0.2) is 0 Å². The molecular weight excluding hydrogens is 356 g/mol. The fourth-order valence-corrected chi connectivity index (χ4v) is 4.55. The zero-order valence-electron chi connectivity index (χ0n) is 10.8. The van der Waals surface area contributed by atoms with Gasteiger partial charge in [-0.1, -0.05) is 63.6 Å². The second kappa shape index (κ2) is 6.95. The van der Waals surface area contributed by atoms with Gasteiger partial charge in [0.15, 0.2) is 0 Å². The van der Waals surface area contributed by atoms with Crippen molar-refractivity contribution in [1.82, 2.24) is 0 Å². The molecule has 3 heteroatoms. The van der Waals surface area contributed by atoms with Crippen molar-refractivity contribution in [2.24, 2.45) is 5.92 Å². The summed E-state index contributed by atoms with van der Waals surface area (Å²) >= 11 is 7.50. The van der Waals surface area contributed by atoms with Gasteiger partial charge in [0.25, 0.3) is 0 Å². The van der Waals surface area contributed by atoms with Crippen molar-refractivity contribution in [3.63, 3.8) is 0 Å². The van der Waals surface area contributed by atoms with Gasteiger partial charge in [0.2, 0.25) is 0 Å². The van der Waals surface area contributed by atoms with Crippen molar-refractivity contribution >= 4 is 31.9 Å². The molecule has 1 unspecified atom stereocenters. The maximum Gasteiger partial charge on any atom is 0.120 e. The molecule has 0 N–H and O–H groups in total. The predicted octanol–water partition coefficient (Wildman–Crippen LogP) is 5.86. The molecule has 0 spiro atoms. The molecule has 1 nitrogen and oxygen atoms in total. The fourth-order valence-electron chi connectivity index (χ4n) is 2.68. The quantitative estimate of drug-likeness (QED) is 0.585. The van der Waals surface area contributed by atoms with Crippen LogP contribution in [0.4, 0.5) is 0 Å². The Bertz CT molecular complexity index is 386. The Kier molecular flexibility index (Phi) is 5.56. The summed E-state index contributed by atoms with van der Waals surface area (Å²) in [6.07, 6.45) is 6.86. The Morgan fingerprint density at radius 2 is 2.06 bits per heavy atom. The highest BCUT2D eigenvalue weighted by atomic mass is 79.9. The van der Waals surface area contributed by atoms with Crippen LogP contribution >= 0.6 is 31.9 Å². The Morgan fingerprint density at radius 1 is 1.33 bits per heavy atom. The van der Waals surface area contributed by atoms with E-state index in [1.165, 1.54) is 37.7 Å². The van der Waals surface area contributed by atoms with E-state index in [0.29, 0.717) is 11.4 Å². The van der Waals surface area contributed by atoms with Crippen molar-refractivity contribution in [2.45, 2.75) is 43.9 Å². The minimum atomic E-state index is 0.450. The van der Waals surface area contributed by atoms with Gasteiger partial charge in [0, 0.05) is 9.30 Å². The predicted molar refractivity (Wildman–Crippen MR) is 83.6 cm³/mol. The third-order valence-electron chi connectivity index (χ3n) is 3.64. The normalized spacial score (nSPS) is 17.9. The van der Waals surface area contributed by atoms with Gasteiger partial charge in [-0.3, -0.25) is 0 Å². The van der Waals surface area contributed by atoms with E-state index in [4.69, 9.17) is 4.74 Å². The number of hydrogen-bond acceptors (Lipinski definition) is 1. The van der Waals surface area contributed by atoms with E-state index in [-0.39, 0.29) is 0 Å². The summed E-state index contributed by atoms with van der Waals surface area (Å²) in [5.41, 5.74) is 1.34. The smallest absolute Gasteiger partial charge is 0.120 e. The van der Waals surface area contributed by atoms with Gasteiger partial charge in [0.1, 0.15) is 5.75 Å². The number of rotatable bonds is 5. The molecule has 1 aromatic carbocycles. The highest BCUT2D eigenvalue weighted by molar-refractivity contribution is 9.11. The standard InChI is InChI=1S/C15H20Br2O/c1-2-18-12-7-8-13(15(17)10-12)14(16)9-11-5-3-4-6-11/h7-8,10-11,14H,2-6,9H2,1H3. The molecule has 1 saturated carbocycles. The number of hydrogen-bond donors (Lipinski definition) is 0. The molecule has 0 aliphatic heterocycles. The average molecular weight is 376 g/mol. The zero-order chi connectivity index (χ0) is 13.0. The first-order valence-corrected chi connectivity index (χ1v) is 8.48.